The van der Waals surface area contributed by atoms with Crippen LogP contribution in [-0.4, -0.2) is 39.7 Å². The first-order chi connectivity index (χ1) is 8.18. The van der Waals surface area contributed by atoms with Crippen molar-refractivity contribution >= 4 is 13.6 Å². The smallest absolute Gasteiger partial charge is 0.312 e. The average Bonchev–Trinajstić information content (AvgIpc) is 2.26. The van der Waals surface area contributed by atoms with E-state index in [1.807, 2.05) is 26.0 Å². The average molecular weight is 257 g/mol. The zero-order valence-corrected chi connectivity index (χ0v) is 10.6. The number of hydrogen-bond acceptors (Lipinski definition) is 2. The molecule has 0 bridgehead atoms. The van der Waals surface area contributed by atoms with Gasteiger partial charge in [0.2, 0.25) is 0 Å². The minimum atomic E-state index is -4.37. The number of hydrogen-bond donors (Lipinski definition) is 0. The summed E-state index contributed by atoms with van der Waals surface area (Å²) in [6.45, 7) is 0. The van der Waals surface area contributed by atoms with Crippen molar-refractivity contribution in [1.29, 1.82) is 0 Å². The number of carbonyl (C=O) groups excluding carboxylic acids is 1. The van der Waals surface area contributed by atoms with Crippen molar-refractivity contribution in [3.05, 3.63) is 35.4 Å². The highest BCUT2D eigenvalue weighted by Gasteiger charge is 2.30. The molecular formula is C12H15BF3NO. The number of alkyl halides is 3. The van der Waals surface area contributed by atoms with E-state index in [1.54, 1.807) is 0 Å². The molecule has 1 aromatic rings. The molecule has 0 aromatic heterocycles. The Labute approximate surface area is 106 Å². The second-order valence-corrected chi connectivity index (χ2v) is 4.04. The Balaban J connectivity index is 0.000000631. The lowest BCUT2D eigenvalue weighted by Crippen LogP contribution is -2.05. The molecule has 2 radical (unpaired) electrons. The van der Waals surface area contributed by atoms with Crippen LogP contribution in [0.1, 0.15) is 15.9 Å². The van der Waals surface area contributed by atoms with Crippen molar-refractivity contribution in [2.24, 2.45) is 0 Å². The van der Waals surface area contributed by atoms with Gasteiger partial charge in [0.05, 0.1) is 13.4 Å². The van der Waals surface area contributed by atoms with E-state index >= 15 is 0 Å². The third-order valence-electron chi connectivity index (χ3n) is 1.72. The molecule has 0 atom stereocenters. The van der Waals surface area contributed by atoms with Gasteiger partial charge in [-0.15, -0.1) is 0 Å². The Hall–Kier alpha value is -1.30. The summed E-state index contributed by atoms with van der Waals surface area (Å²) in [6.07, 6.45) is -4.57. The summed E-state index contributed by atoms with van der Waals surface area (Å²) < 4.78 is 36.3. The Morgan fingerprint density at radius 1 is 1.17 bits per heavy atom. The highest BCUT2D eigenvalue weighted by molar-refractivity contribution is 6.23. The fourth-order valence-electron chi connectivity index (χ4n) is 0.963. The summed E-state index contributed by atoms with van der Waals surface area (Å²) in [5.74, 6) is -0.376. The predicted molar refractivity (Wildman–Crippen MR) is 65.9 cm³/mol. The van der Waals surface area contributed by atoms with E-state index in [-0.39, 0.29) is 17.7 Å². The molecule has 98 valence electrons. The van der Waals surface area contributed by atoms with Gasteiger partial charge in [-0.1, -0.05) is 12.1 Å². The Morgan fingerprint density at radius 3 is 1.83 bits per heavy atom. The fourth-order valence-corrected chi connectivity index (χ4v) is 0.963. The molecule has 0 heterocycles. The number of benzene rings is 1. The molecule has 0 saturated heterocycles. The Morgan fingerprint density at radius 2 is 1.56 bits per heavy atom. The minimum absolute atomic E-state index is 0.195. The van der Waals surface area contributed by atoms with Crippen molar-refractivity contribution in [3.63, 3.8) is 0 Å². The molecule has 0 unspecified atom stereocenters. The van der Waals surface area contributed by atoms with Crippen molar-refractivity contribution in [1.82, 2.24) is 4.90 Å². The van der Waals surface area contributed by atoms with Crippen LogP contribution in [0.3, 0.4) is 0 Å². The van der Waals surface area contributed by atoms with Crippen molar-refractivity contribution < 1.29 is 18.0 Å². The maximum Gasteiger partial charge on any atom is 0.416 e. The van der Waals surface area contributed by atoms with Crippen LogP contribution in [0, 0.1) is 0 Å². The molecule has 0 aliphatic rings. The van der Waals surface area contributed by atoms with Gasteiger partial charge in [-0.25, -0.2) is 0 Å². The molecule has 0 fully saturated rings. The highest BCUT2D eigenvalue weighted by atomic mass is 19.4. The third kappa shape index (κ3) is 6.44. The molecule has 0 amide bonds. The summed E-state index contributed by atoms with van der Waals surface area (Å²) in [5, 5.41) is 0. The lowest BCUT2D eigenvalue weighted by atomic mass is 9.95. The number of rotatable bonds is 2. The molecule has 1 aromatic carbocycles. The zero-order valence-electron chi connectivity index (χ0n) is 10.6. The maximum atomic E-state index is 12.1. The van der Waals surface area contributed by atoms with Crippen molar-refractivity contribution in [2.75, 3.05) is 21.1 Å². The standard InChI is InChI=1S/C9H6BF3O.C3H9N/c10-5-8(14)6-1-3-7(4-2-6)9(11,12)13;1-4(2)3/h1-4H,5H2;1-3H3. The summed E-state index contributed by atoms with van der Waals surface area (Å²) in [5.41, 5.74) is -0.577. The molecule has 2 nitrogen and oxygen atoms in total. The van der Waals surface area contributed by atoms with Crippen LogP contribution in [0.4, 0.5) is 13.2 Å². The summed E-state index contributed by atoms with van der Waals surface area (Å²) >= 11 is 0. The van der Waals surface area contributed by atoms with Crippen LogP contribution < -0.4 is 0 Å². The number of nitrogens with zero attached hydrogens (tertiary/aromatic N) is 1. The summed E-state index contributed by atoms with van der Waals surface area (Å²) in [7, 11) is 11.1. The van der Waals surface area contributed by atoms with Gasteiger partial charge in [-0.05, 0) is 39.6 Å². The SMILES string of the molecule is CN(C)C.[B]CC(=O)c1ccc(C(F)(F)F)cc1. The van der Waals surface area contributed by atoms with Crippen LogP contribution in [0.15, 0.2) is 24.3 Å². The lowest BCUT2D eigenvalue weighted by Gasteiger charge is -2.06. The van der Waals surface area contributed by atoms with Gasteiger partial charge in [-0.3, -0.25) is 4.79 Å². The van der Waals surface area contributed by atoms with Crippen LogP contribution in [0.2, 0.25) is 6.32 Å². The molecule has 18 heavy (non-hydrogen) atoms. The Bertz CT molecular complexity index is 371. The zero-order chi connectivity index (χ0) is 14.3. The molecule has 0 aliphatic carbocycles. The first kappa shape index (κ1) is 16.7. The second-order valence-electron chi connectivity index (χ2n) is 4.04. The van der Waals surface area contributed by atoms with Crippen molar-refractivity contribution in [3.8, 4) is 0 Å². The molecular weight excluding hydrogens is 242 g/mol. The van der Waals surface area contributed by atoms with E-state index in [1.165, 1.54) is 0 Å². The largest absolute Gasteiger partial charge is 0.416 e. The van der Waals surface area contributed by atoms with Crippen LogP contribution in [0.5, 0.6) is 0 Å². The van der Waals surface area contributed by atoms with Crippen molar-refractivity contribution in [2.45, 2.75) is 12.5 Å². The first-order valence-electron chi connectivity index (χ1n) is 5.20. The normalized spacial score (nSPS) is 10.8. The highest BCUT2D eigenvalue weighted by Crippen LogP contribution is 2.29. The first-order valence-corrected chi connectivity index (χ1v) is 5.20. The number of ketones is 1. The number of Topliss-reactive ketones (excluding diaryl/α,β-unsaturated/α-hetero) is 1. The van der Waals surface area contributed by atoms with Crippen LogP contribution >= 0.6 is 0 Å². The number of carbonyl (C=O) groups is 1. The molecule has 1 rings (SSSR count). The Kier molecular flexibility index (Phi) is 6.69. The summed E-state index contributed by atoms with van der Waals surface area (Å²) in [4.78, 5) is 13.0. The topological polar surface area (TPSA) is 20.3 Å². The molecule has 0 saturated carbocycles. The molecule has 0 aliphatic heterocycles. The fraction of sp³-hybridized carbons (Fsp3) is 0.417. The van der Waals surface area contributed by atoms with Gasteiger partial charge < -0.3 is 4.90 Å². The molecule has 0 N–H and O–H groups in total. The van der Waals surface area contributed by atoms with Gasteiger partial charge in [0, 0.05) is 5.56 Å². The van der Waals surface area contributed by atoms with E-state index < -0.39 is 11.7 Å². The van der Waals surface area contributed by atoms with E-state index in [0.29, 0.717) is 0 Å². The maximum absolute atomic E-state index is 12.1. The quantitative estimate of drug-likeness (QED) is 0.599. The second kappa shape index (κ2) is 7.21. The van der Waals surface area contributed by atoms with Gasteiger partial charge in [0.25, 0.3) is 0 Å². The van der Waals surface area contributed by atoms with Gasteiger partial charge >= 0.3 is 6.18 Å². The van der Waals surface area contributed by atoms with Gasteiger partial charge in [0.15, 0.2) is 5.78 Å². The third-order valence-corrected chi connectivity index (χ3v) is 1.72. The van der Waals surface area contributed by atoms with E-state index in [4.69, 9.17) is 7.85 Å². The predicted octanol–water partition coefficient (Wildman–Crippen LogP) is 2.65. The number of halogens is 3. The van der Waals surface area contributed by atoms with E-state index in [2.05, 4.69) is 0 Å². The minimum Gasteiger partial charge on any atom is -0.312 e. The van der Waals surface area contributed by atoms with E-state index in [0.717, 1.165) is 24.3 Å². The molecule has 0 spiro atoms. The van der Waals surface area contributed by atoms with Gasteiger partial charge in [-0.2, -0.15) is 13.2 Å². The lowest BCUT2D eigenvalue weighted by molar-refractivity contribution is -0.137. The monoisotopic (exact) mass is 257 g/mol. The van der Waals surface area contributed by atoms with Gasteiger partial charge in [0.1, 0.15) is 0 Å². The van der Waals surface area contributed by atoms with Crippen LogP contribution in [-0.2, 0) is 6.18 Å². The van der Waals surface area contributed by atoms with E-state index in [9.17, 15) is 18.0 Å². The summed E-state index contributed by atoms with van der Waals surface area (Å²) in [6, 6.07) is 3.97. The van der Waals surface area contributed by atoms with Crippen LogP contribution in [0.25, 0.3) is 0 Å². The molecule has 6 heteroatoms.